The zero-order valence-corrected chi connectivity index (χ0v) is 16.2. The van der Waals surface area contributed by atoms with Gasteiger partial charge < -0.3 is 9.64 Å². The van der Waals surface area contributed by atoms with Crippen molar-refractivity contribution < 1.29 is 9.66 Å². The van der Waals surface area contributed by atoms with Gasteiger partial charge in [-0.3, -0.25) is 15.1 Å². The van der Waals surface area contributed by atoms with Crippen LogP contribution in [0.15, 0.2) is 76.4 Å². The highest BCUT2D eigenvalue weighted by Crippen LogP contribution is 2.35. The van der Waals surface area contributed by atoms with E-state index in [2.05, 4.69) is 28.1 Å². The number of nitrogens with zero attached hydrogens (tertiary/aromatic N) is 3. The Kier molecular flexibility index (Phi) is 5.81. The lowest BCUT2D eigenvalue weighted by atomic mass is 10.1. The van der Waals surface area contributed by atoms with Gasteiger partial charge in [0, 0.05) is 37.1 Å². The van der Waals surface area contributed by atoms with Crippen molar-refractivity contribution in [3.8, 4) is 0 Å². The molecule has 0 amide bonds. The Hall–Kier alpha value is -3.25. The van der Waals surface area contributed by atoms with Crippen LogP contribution in [0.5, 0.6) is 0 Å². The Bertz CT molecular complexity index is 974. The van der Waals surface area contributed by atoms with E-state index < -0.39 is 4.92 Å². The van der Waals surface area contributed by atoms with Crippen LogP contribution in [0.4, 0.5) is 11.4 Å². The number of allylic oxidation sites excluding steroid dienone is 2. The van der Waals surface area contributed by atoms with Gasteiger partial charge in [-0.1, -0.05) is 36.4 Å². The second kappa shape index (κ2) is 8.84. The molecule has 1 heterocycles. The highest BCUT2D eigenvalue weighted by Gasteiger charge is 2.25. The second-order valence-corrected chi connectivity index (χ2v) is 7.09. The normalized spacial score (nSPS) is 18.8. The molecule has 0 atom stereocenters. The topological polar surface area (TPSA) is 68.0 Å². The number of rotatable bonds is 5. The van der Waals surface area contributed by atoms with E-state index in [0.717, 1.165) is 39.1 Å². The molecule has 0 spiro atoms. The molecule has 6 nitrogen and oxygen atoms in total. The Morgan fingerprint density at radius 3 is 2.59 bits per heavy atom. The standard InChI is InChI=1S/C23H23N3O3/c27-26(28)22-8-4-7-21(16-22)24-17-20-10-9-19(15-18-5-2-1-3-6-18)23(20)25-11-13-29-14-12-25/h1-8,15-17H,9-14H2. The highest BCUT2D eigenvalue weighted by molar-refractivity contribution is 5.85. The number of morpholine rings is 1. The van der Waals surface area contributed by atoms with Crippen molar-refractivity contribution in [2.45, 2.75) is 12.8 Å². The fourth-order valence-electron chi connectivity index (χ4n) is 3.76. The van der Waals surface area contributed by atoms with E-state index in [9.17, 15) is 10.1 Å². The largest absolute Gasteiger partial charge is 0.378 e. The minimum atomic E-state index is -0.395. The van der Waals surface area contributed by atoms with Crippen molar-refractivity contribution in [3.05, 3.63) is 87.1 Å². The van der Waals surface area contributed by atoms with Crippen LogP contribution in [0.2, 0.25) is 0 Å². The summed E-state index contributed by atoms with van der Waals surface area (Å²) in [5, 5.41) is 11.0. The Morgan fingerprint density at radius 2 is 1.83 bits per heavy atom. The summed E-state index contributed by atoms with van der Waals surface area (Å²) in [6.07, 6.45) is 5.98. The number of hydrogen-bond acceptors (Lipinski definition) is 5. The van der Waals surface area contributed by atoms with Gasteiger partial charge in [-0.2, -0.15) is 0 Å². The average molecular weight is 389 g/mol. The van der Waals surface area contributed by atoms with Crippen LogP contribution in [-0.2, 0) is 4.74 Å². The summed E-state index contributed by atoms with van der Waals surface area (Å²) >= 11 is 0. The van der Waals surface area contributed by atoms with Crippen LogP contribution >= 0.6 is 0 Å². The maximum atomic E-state index is 11.0. The molecule has 2 aliphatic rings. The SMILES string of the molecule is O=[N+]([O-])c1cccc(N=CC2=C(N3CCOCC3)C(=Cc3ccccc3)CC2)c1. The molecule has 29 heavy (non-hydrogen) atoms. The number of aliphatic imine (C=N–C) groups is 1. The average Bonchev–Trinajstić information content (AvgIpc) is 3.16. The molecule has 1 saturated heterocycles. The van der Waals surface area contributed by atoms with E-state index in [1.165, 1.54) is 34.5 Å². The molecule has 0 unspecified atom stereocenters. The molecule has 1 fully saturated rings. The number of nitro groups is 1. The van der Waals surface area contributed by atoms with Gasteiger partial charge in [-0.25, -0.2) is 0 Å². The zero-order valence-electron chi connectivity index (χ0n) is 16.2. The summed E-state index contributed by atoms with van der Waals surface area (Å²) in [6, 6.07) is 16.8. The molecule has 1 aliphatic carbocycles. The Balaban J connectivity index is 1.67. The fourth-order valence-corrected chi connectivity index (χ4v) is 3.76. The Labute approximate surface area is 170 Å². The first-order chi connectivity index (χ1) is 14.2. The first-order valence-electron chi connectivity index (χ1n) is 9.81. The maximum Gasteiger partial charge on any atom is 0.271 e. The summed E-state index contributed by atoms with van der Waals surface area (Å²) in [5.41, 5.74) is 5.53. The molecule has 1 aliphatic heterocycles. The predicted molar refractivity (Wildman–Crippen MR) is 114 cm³/mol. The van der Waals surface area contributed by atoms with Gasteiger partial charge in [0.15, 0.2) is 0 Å². The first-order valence-corrected chi connectivity index (χ1v) is 9.81. The summed E-state index contributed by atoms with van der Waals surface area (Å²) in [4.78, 5) is 17.5. The number of non-ortho nitro benzene ring substituents is 1. The van der Waals surface area contributed by atoms with Gasteiger partial charge in [-0.05, 0) is 41.7 Å². The molecule has 0 radical (unpaired) electrons. The highest BCUT2D eigenvalue weighted by atomic mass is 16.6. The number of ether oxygens (including phenoxy) is 1. The van der Waals surface area contributed by atoms with Gasteiger partial charge in [0.05, 0.1) is 23.8 Å². The summed E-state index contributed by atoms with van der Waals surface area (Å²) in [7, 11) is 0. The number of benzene rings is 2. The first kappa shape index (κ1) is 19.1. The summed E-state index contributed by atoms with van der Waals surface area (Å²) in [6.45, 7) is 3.15. The van der Waals surface area contributed by atoms with Crippen molar-refractivity contribution in [1.29, 1.82) is 0 Å². The van der Waals surface area contributed by atoms with Crippen molar-refractivity contribution in [2.24, 2.45) is 4.99 Å². The summed E-state index contributed by atoms with van der Waals surface area (Å²) < 4.78 is 5.53. The van der Waals surface area contributed by atoms with Crippen LogP contribution in [-0.4, -0.2) is 42.3 Å². The number of hydrogen-bond donors (Lipinski definition) is 0. The molecule has 0 N–H and O–H groups in total. The van der Waals surface area contributed by atoms with E-state index in [0.29, 0.717) is 5.69 Å². The molecule has 148 valence electrons. The van der Waals surface area contributed by atoms with Crippen LogP contribution in [0.1, 0.15) is 18.4 Å². The monoisotopic (exact) mass is 389 g/mol. The third kappa shape index (κ3) is 4.60. The molecule has 0 aromatic heterocycles. The number of nitro benzene ring substituents is 1. The van der Waals surface area contributed by atoms with E-state index >= 15 is 0 Å². The zero-order chi connectivity index (χ0) is 20.1. The van der Waals surface area contributed by atoms with Crippen molar-refractivity contribution >= 4 is 23.7 Å². The molecule has 2 aromatic carbocycles. The summed E-state index contributed by atoms with van der Waals surface area (Å²) in [5.74, 6) is 0. The predicted octanol–water partition coefficient (Wildman–Crippen LogP) is 4.76. The lowest BCUT2D eigenvalue weighted by Crippen LogP contribution is -2.36. The minimum absolute atomic E-state index is 0.0538. The third-order valence-electron chi connectivity index (χ3n) is 5.15. The molecule has 4 rings (SSSR count). The maximum absolute atomic E-state index is 11.0. The van der Waals surface area contributed by atoms with E-state index in [-0.39, 0.29) is 5.69 Å². The van der Waals surface area contributed by atoms with Gasteiger partial charge >= 0.3 is 0 Å². The minimum Gasteiger partial charge on any atom is -0.378 e. The molecular formula is C23H23N3O3. The van der Waals surface area contributed by atoms with Crippen molar-refractivity contribution in [2.75, 3.05) is 26.3 Å². The Morgan fingerprint density at radius 1 is 1.03 bits per heavy atom. The van der Waals surface area contributed by atoms with E-state index in [1.807, 2.05) is 24.4 Å². The van der Waals surface area contributed by atoms with Crippen LogP contribution in [0.25, 0.3) is 6.08 Å². The van der Waals surface area contributed by atoms with Gasteiger partial charge in [-0.15, -0.1) is 0 Å². The molecular weight excluding hydrogens is 366 g/mol. The molecule has 0 saturated carbocycles. The quantitative estimate of drug-likeness (QED) is 0.420. The molecule has 6 heteroatoms. The van der Waals surface area contributed by atoms with Gasteiger partial charge in [0.25, 0.3) is 5.69 Å². The van der Waals surface area contributed by atoms with E-state index in [1.54, 1.807) is 12.1 Å². The van der Waals surface area contributed by atoms with Gasteiger partial charge in [0.2, 0.25) is 0 Å². The lowest BCUT2D eigenvalue weighted by molar-refractivity contribution is -0.384. The smallest absolute Gasteiger partial charge is 0.271 e. The lowest BCUT2D eigenvalue weighted by Gasteiger charge is -2.31. The fraction of sp³-hybridized carbons (Fsp3) is 0.261. The van der Waals surface area contributed by atoms with Crippen LogP contribution < -0.4 is 0 Å². The van der Waals surface area contributed by atoms with E-state index in [4.69, 9.17) is 4.74 Å². The van der Waals surface area contributed by atoms with Gasteiger partial charge in [0.1, 0.15) is 0 Å². The van der Waals surface area contributed by atoms with Crippen LogP contribution in [0.3, 0.4) is 0 Å². The molecule has 2 aromatic rings. The van der Waals surface area contributed by atoms with Crippen molar-refractivity contribution in [3.63, 3.8) is 0 Å². The second-order valence-electron chi connectivity index (χ2n) is 7.09. The van der Waals surface area contributed by atoms with Crippen molar-refractivity contribution in [1.82, 2.24) is 4.90 Å². The molecule has 0 bridgehead atoms. The third-order valence-corrected chi connectivity index (χ3v) is 5.15. The van der Waals surface area contributed by atoms with Crippen LogP contribution in [0, 0.1) is 10.1 Å².